The average Bonchev–Trinajstić information content (AvgIpc) is 2.77. The summed E-state index contributed by atoms with van der Waals surface area (Å²) in [7, 11) is 3.17. The van der Waals surface area contributed by atoms with Crippen LogP contribution < -0.4 is 14.8 Å². The van der Waals surface area contributed by atoms with Crippen molar-refractivity contribution in [2.75, 3.05) is 40.4 Å². The predicted octanol–water partition coefficient (Wildman–Crippen LogP) is 3.70. The Bertz CT molecular complexity index is 758. The third kappa shape index (κ3) is 5.12. The van der Waals surface area contributed by atoms with Gasteiger partial charge in [0.05, 0.1) is 20.8 Å². The molecule has 0 aliphatic carbocycles. The zero-order valence-corrected chi connectivity index (χ0v) is 16.8. The summed E-state index contributed by atoms with van der Waals surface area (Å²) in [6.07, 6.45) is 3.80. The molecule has 1 unspecified atom stereocenters. The van der Waals surface area contributed by atoms with E-state index in [2.05, 4.69) is 34.5 Å². The summed E-state index contributed by atoms with van der Waals surface area (Å²) in [5, 5.41) is 3.38. The lowest BCUT2D eigenvalue weighted by molar-refractivity contribution is 0.0983. The molecule has 2 aromatic rings. The SMILES string of the molecule is COc1ccc(C(=O)CNCC(c2ccccc2)N2CCCCC2)cc1OC. The molecule has 0 amide bonds. The van der Waals surface area contributed by atoms with Crippen LogP contribution in [0.2, 0.25) is 0 Å². The summed E-state index contributed by atoms with van der Waals surface area (Å²) in [6.45, 7) is 3.28. The third-order valence-corrected chi connectivity index (χ3v) is 5.34. The molecule has 28 heavy (non-hydrogen) atoms. The van der Waals surface area contributed by atoms with Gasteiger partial charge in [-0.1, -0.05) is 36.8 Å². The second-order valence-corrected chi connectivity index (χ2v) is 7.15. The van der Waals surface area contributed by atoms with E-state index >= 15 is 0 Å². The van der Waals surface area contributed by atoms with Gasteiger partial charge in [0.25, 0.3) is 0 Å². The molecule has 150 valence electrons. The third-order valence-electron chi connectivity index (χ3n) is 5.34. The normalized spacial score (nSPS) is 15.8. The molecule has 0 spiro atoms. The number of benzene rings is 2. The Hall–Kier alpha value is -2.37. The highest BCUT2D eigenvalue weighted by molar-refractivity contribution is 5.98. The molecule has 1 atom stereocenters. The first-order chi connectivity index (χ1) is 13.7. The van der Waals surface area contributed by atoms with E-state index in [9.17, 15) is 4.79 Å². The molecule has 0 saturated carbocycles. The maximum atomic E-state index is 12.6. The number of nitrogens with zero attached hydrogens (tertiary/aromatic N) is 1. The van der Waals surface area contributed by atoms with Crippen molar-refractivity contribution in [1.29, 1.82) is 0 Å². The van der Waals surface area contributed by atoms with E-state index in [1.807, 2.05) is 6.07 Å². The molecule has 0 bridgehead atoms. The van der Waals surface area contributed by atoms with Gasteiger partial charge in [0.2, 0.25) is 0 Å². The van der Waals surface area contributed by atoms with Crippen molar-refractivity contribution >= 4 is 5.78 Å². The number of hydrogen-bond donors (Lipinski definition) is 1. The first-order valence-electron chi connectivity index (χ1n) is 9.98. The van der Waals surface area contributed by atoms with Crippen LogP contribution in [0.15, 0.2) is 48.5 Å². The van der Waals surface area contributed by atoms with Crippen LogP contribution in [0.25, 0.3) is 0 Å². The van der Waals surface area contributed by atoms with E-state index in [-0.39, 0.29) is 5.78 Å². The number of Topliss-reactive ketones (excluding diaryl/α,β-unsaturated/α-hetero) is 1. The zero-order chi connectivity index (χ0) is 19.8. The van der Waals surface area contributed by atoms with E-state index in [0.717, 1.165) is 19.6 Å². The van der Waals surface area contributed by atoms with Crippen LogP contribution in [0.4, 0.5) is 0 Å². The average molecular weight is 383 g/mol. The van der Waals surface area contributed by atoms with Gasteiger partial charge in [0, 0.05) is 18.2 Å². The summed E-state index contributed by atoms with van der Waals surface area (Å²) in [5.74, 6) is 1.25. The number of rotatable bonds is 9. The number of carbonyl (C=O) groups excluding carboxylic acids is 1. The smallest absolute Gasteiger partial charge is 0.176 e. The van der Waals surface area contributed by atoms with Crippen molar-refractivity contribution in [2.45, 2.75) is 25.3 Å². The van der Waals surface area contributed by atoms with E-state index in [4.69, 9.17) is 9.47 Å². The van der Waals surface area contributed by atoms with E-state index in [1.54, 1.807) is 32.4 Å². The predicted molar refractivity (Wildman–Crippen MR) is 111 cm³/mol. The Morgan fingerprint density at radius 2 is 1.71 bits per heavy atom. The standard InChI is InChI=1S/C23H30N2O3/c1-27-22-12-11-19(15-23(22)28-2)21(26)17-24-16-20(18-9-5-3-6-10-18)25-13-7-4-8-14-25/h3,5-6,9-12,15,20,24H,4,7-8,13-14,16-17H2,1-2H3. The monoisotopic (exact) mass is 382 g/mol. The molecule has 5 nitrogen and oxygen atoms in total. The summed E-state index contributed by atoms with van der Waals surface area (Å²) in [4.78, 5) is 15.2. The van der Waals surface area contributed by atoms with E-state index < -0.39 is 0 Å². The van der Waals surface area contributed by atoms with Crippen molar-refractivity contribution in [3.63, 3.8) is 0 Å². The molecular weight excluding hydrogens is 352 g/mol. The second-order valence-electron chi connectivity index (χ2n) is 7.15. The minimum absolute atomic E-state index is 0.0476. The Kier molecular flexibility index (Phi) is 7.46. The fourth-order valence-corrected chi connectivity index (χ4v) is 3.80. The lowest BCUT2D eigenvalue weighted by Gasteiger charge is -2.35. The molecule has 1 heterocycles. The first-order valence-corrected chi connectivity index (χ1v) is 9.98. The van der Waals surface area contributed by atoms with Gasteiger partial charge in [-0.2, -0.15) is 0 Å². The lowest BCUT2D eigenvalue weighted by Crippen LogP contribution is -2.40. The number of piperidine rings is 1. The summed E-state index contributed by atoms with van der Waals surface area (Å²) < 4.78 is 10.5. The highest BCUT2D eigenvalue weighted by atomic mass is 16.5. The molecule has 1 fully saturated rings. The number of hydrogen-bond acceptors (Lipinski definition) is 5. The number of ether oxygens (including phenoxy) is 2. The van der Waals surface area contributed by atoms with Crippen LogP contribution in [0, 0.1) is 0 Å². The van der Waals surface area contributed by atoms with Crippen LogP contribution in [-0.4, -0.2) is 51.1 Å². The molecule has 1 aliphatic heterocycles. The second kappa shape index (κ2) is 10.2. The maximum absolute atomic E-state index is 12.6. The van der Waals surface area contributed by atoms with Gasteiger partial charge in [0.1, 0.15) is 0 Å². The van der Waals surface area contributed by atoms with E-state index in [1.165, 1.54) is 24.8 Å². The highest BCUT2D eigenvalue weighted by Gasteiger charge is 2.22. The summed E-state index contributed by atoms with van der Waals surface area (Å²) in [5.41, 5.74) is 1.93. The number of methoxy groups -OCH3 is 2. The van der Waals surface area contributed by atoms with Crippen LogP contribution in [-0.2, 0) is 0 Å². The van der Waals surface area contributed by atoms with Crippen molar-refractivity contribution in [2.24, 2.45) is 0 Å². The van der Waals surface area contributed by atoms with Crippen LogP contribution in [0.3, 0.4) is 0 Å². The quantitative estimate of drug-likeness (QED) is 0.670. The van der Waals surface area contributed by atoms with Gasteiger partial charge >= 0.3 is 0 Å². The Morgan fingerprint density at radius 1 is 1.00 bits per heavy atom. The van der Waals surface area contributed by atoms with Crippen molar-refractivity contribution in [3.8, 4) is 11.5 Å². The molecule has 1 aliphatic rings. The molecule has 0 aromatic heterocycles. The highest BCUT2D eigenvalue weighted by Crippen LogP contribution is 2.28. The number of likely N-dealkylation sites (tertiary alicyclic amines) is 1. The molecule has 0 radical (unpaired) electrons. The number of nitrogens with one attached hydrogen (secondary N) is 1. The van der Waals surface area contributed by atoms with E-state index in [0.29, 0.717) is 29.6 Å². The summed E-state index contributed by atoms with van der Waals surface area (Å²) >= 11 is 0. The van der Waals surface area contributed by atoms with Crippen molar-refractivity contribution in [3.05, 3.63) is 59.7 Å². The Labute approximate surface area is 167 Å². The summed E-state index contributed by atoms with van der Waals surface area (Å²) in [6, 6.07) is 16.2. The van der Waals surface area contributed by atoms with Crippen LogP contribution >= 0.6 is 0 Å². The largest absolute Gasteiger partial charge is 0.493 e. The fraction of sp³-hybridized carbons (Fsp3) is 0.435. The van der Waals surface area contributed by atoms with Gasteiger partial charge in [-0.25, -0.2) is 0 Å². The first kappa shape index (κ1) is 20.4. The molecule has 1 saturated heterocycles. The molecule has 3 rings (SSSR count). The molecular formula is C23H30N2O3. The Balaban J connectivity index is 1.63. The molecule has 5 heteroatoms. The zero-order valence-electron chi connectivity index (χ0n) is 16.8. The van der Waals surface area contributed by atoms with Gasteiger partial charge in [0.15, 0.2) is 17.3 Å². The van der Waals surface area contributed by atoms with Crippen molar-refractivity contribution < 1.29 is 14.3 Å². The van der Waals surface area contributed by atoms with Crippen molar-refractivity contribution in [1.82, 2.24) is 10.2 Å². The Morgan fingerprint density at radius 3 is 2.39 bits per heavy atom. The van der Waals surface area contributed by atoms with Gasteiger partial charge in [-0.15, -0.1) is 0 Å². The number of carbonyl (C=O) groups is 1. The lowest BCUT2D eigenvalue weighted by atomic mass is 10.0. The number of ketones is 1. The van der Waals surface area contributed by atoms with Gasteiger partial charge < -0.3 is 14.8 Å². The van der Waals surface area contributed by atoms with Crippen LogP contribution in [0.1, 0.15) is 41.2 Å². The molecule has 2 aromatic carbocycles. The van der Waals surface area contributed by atoms with Gasteiger partial charge in [-0.05, 0) is 49.7 Å². The van der Waals surface area contributed by atoms with Gasteiger partial charge in [-0.3, -0.25) is 9.69 Å². The minimum atomic E-state index is 0.0476. The fourth-order valence-electron chi connectivity index (χ4n) is 3.80. The maximum Gasteiger partial charge on any atom is 0.176 e. The topological polar surface area (TPSA) is 50.8 Å². The minimum Gasteiger partial charge on any atom is -0.493 e. The molecule has 1 N–H and O–H groups in total. The van der Waals surface area contributed by atoms with Crippen LogP contribution in [0.5, 0.6) is 11.5 Å².